The highest BCUT2D eigenvalue weighted by Crippen LogP contribution is 2.44. The number of azo groups is 1. The van der Waals surface area contributed by atoms with E-state index in [0.717, 1.165) is 27.9 Å². The van der Waals surface area contributed by atoms with E-state index >= 15 is 0 Å². The third kappa shape index (κ3) is 8.40. The molecule has 4 aromatic carbocycles. The Morgan fingerprint density at radius 2 is 1.38 bits per heavy atom. The van der Waals surface area contributed by atoms with Crippen LogP contribution in [0.25, 0.3) is 11.1 Å². The summed E-state index contributed by atoms with van der Waals surface area (Å²) >= 11 is 0. The average molecular weight is 656 g/mol. The van der Waals surface area contributed by atoms with Crippen molar-refractivity contribution in [3.05, 3.63) is 108 Å². The Kier molecular flexibility index (Phi) is 10.6. The van der Waals surface area contributed by atoms with Gasteiger partial charge in [-0.3, -0.25) is 0 Å². The fraction of sp³-hybridized carbons (Fsp3) is 0.257. The second-order valence-electron chi connectivity index (χ2n) is 11.4. The van der Waals surface area contributed by atoms with Crippen molar-refractivity contribution in [3.63, 3.8) is 0 Å². The minimum Gasteiger partial charge on any atom is -0.480 e. The Balaban J connectivity index is 1.05. The van der Waals surface area contributed by atoms with Gasteiger partial charge in [-0.15, -0.1) is 0 Å². The number of rotatable bonds is 14. The molecule has 0 aliphatic heterocycles. The Morgan fingerprint density at radius 3 is 1.94 bits per heavy atom. The molecular formula is C35H37N5O6S. The van der Waals surface area contributed by atoms with E-state index in [9.17, 15) is 23.1 Å². The second kappa shape index (κ2) is 15.0. The predicted octanol–water partition coefficient (Wildman–Crippen LogP) is 6.61. The van der Waals surface area contributed by atoms with Crippen molar-refractivity contribution in [1.82, 2.24) is 10.0 Å². The van der Waals surface area contributed by atoms with E-state index in [4.69, 9.17) is 4.74 Å². The van der Waals surface area contributed by atoms with E-state index in [1.165, 1.54) is 12.1 Å². The van der Waals surface area contributed by atoms with Gasteiger partial charge in [-0.05, 0) is 90.0 Å². The topological polar surface area (TPSA) is 150 Å². The molecule has 0 fully saturated rings. The number of hydrogen-bond acceptors (Lipinski definition) is 8. The molecule has 12 heteroatoms. The first-order chi connectivity index (χ1) is 22.6. The number of sulfonamides is 1. The minimum absolute atomic E-state index is 0.0721. The second-order valence-corrected chi connectivity index (χ2v) is 13.1. The highest BCUT2D eigenvalue weighted by Gasteiger charge is 2.29. The molecule has 1 aliphatic carbocycles. The lowest BCUT2D eigenvalue weighted by molar-refractivity contribution is -0.139. The maximum Gasteiger partial charge on any atom is 0.407 e. The summed E-state index contributed by atoms with van der Waals surface area (Å²) in [6.07, 6.45) is 0.0237. The molecule has 1 atom stereocenters. The number of carbonyl (C=O) groups excluding carboxylic acids is 1. The highest BCUT2D eigenvalue weighted by atomic mass is 32.2. The summed E-state index contributed by atoms with van der Waals surface area (Å²) in [4.78, 5) is 26.5. The van der Waals surface area contributed by atoms with Crippen molar-refractivity contribution < 1.29 is 27.9 Å². The number of amides is 1. The molecule has 0 saturated heterocycles. The number of anilines is 1. The standard InChI is InChI=1S/C35H37N5O6S/c1-40(2)26-18-14-24(15-19-26)38-39-25-16-20-27(21-17-25)47(44,45)36-22-8-7-13-33(34(41)42)37-35(43)46-23-32-30-11-5-3-9-28(30)29-10-4-6-12-31(29)32/h3-6,9-12,14-21,32-33,36H,7-8,13,22-23H2,1-2H3,(H,37,43)(H,41,42)/t33-/m1/s1. The molecule has 3 N–H and O–H groups in total. The van der Waals surface area contributed by atoms with Gasteiger partial charge in [0.2, 0.25) is 10.0 Å². The van der Waals surface area contributed by atoms with Gasteiger partial charge in [0.15, 0.2) is 0 Å². The molecule has 1 amide bonds. The van der Waals surface area contributed by atoms with Crippen LogP contribution in [-0.4, -0.2) is 58.9 Å². The summed E-state index contributed by atoms with van der Waals surface area (Å²) in [6, 6.07) is 28.3. The number of carboxylic acids is 1. The summed E-state index contributed by atoms with van der Waals surface area (Å²) in [5.74, 6) is -1.34. The molecule has 5 rings (SSSR count). The number of nitrogens with one attached hydrogen (secondary N) is 2. The number of hydrogen-bond donors (Lipinski definition) is 3. The molecule has 0 aromatic heterocycles. The fourth-order valence-corrected chi connectivity index (χ4v) is 6.50. The van der Waals surface area contributed by atoms with Gasteiger partial charge in [0.05, 0.1) is 16.3 Å². The first-order valence-corrected chi connectivity index (χ1v) is 16.7. The van der Waals surface area contributed by atoms with Gasteiger partial charge in [0.1, 0.15) is 12.6 Å². The first kappa shape index (κ1) is 33.3. The van der Waals surface area contributed by atoms with Crippen molar-refractivity contribution in [3.8, 4) is 11.1 Å². The van der Waals surface area contributed by atoms with Gasteiger partial charge in [0.25, 0.3) is 0 Å². The van der Waals surface area contributed by atoms with Gasteiger partial charge in [0, 0.05) is 32.2 Å². The maximum absolute atomic E-state index is 12.8. The number of benzene rings is 4. The molecule has 47 heavy (non-hydrogen) atoms. The van der Waals surface area contributed by atoms with Crippen LogP contribution in [0.15, 0.2) is 112 Å². The summed E-state index contributed by atoms with van der Waals surface area (Å²) in [5.41, 5.74) is 6.52. The molecule has 1 aliphatic rings. The molecule has 0 bridgehead atoms. The van der Waals surface area contributed by atoms with Crippen molar-refractivity contribution in [2.45, 2.75) is 36.1 Å². The zero-order chi connectivity index (χ0) is 33.4. The van der Waals surface area contributed by atoms with Crippen molar-refractivity contribution >= 4 is 39.1 Å². The lowest BCUT2D eigenvalue weighted by Gasteiger charge is -2.17. The smallest absolute Gasteiger partial charge is 0.407 e. The number of ether oxygens (including phenoxy) is 1. The average Bonchev–Trinajstić information content (AvgIpc) is 3.39. The Morgan fingerprint density at radius 1 is 0.830 bits per heavy atom. The quantitative estimate of drug-likeness (QED) is 0.102. The number of carboxylic acid groups (broad SMARTS) is 1. The molecule has 0 saturated carbocycles. The molecule has 0 heterocycles. The normalized spacial score (nSPS) is 13.1. The molecule has 244 valence electrons. The predicted molar refractivity (Wildman–Crippen MR) is 180 cm³/mol. The SMILES string of the molecule is CN(C)c1ccc(N=Nc2ccc(S(=O)(=O)NCCCC[C@@H](NC(=O)OCC3c4ccccc4-c4ccccc43)C(=O)O)cc2)cc1. The molecule has 0 unspecified atom stereocenters. The van der Waals surface area contributed by atoms with Crippen LogP contribution < -0.4 is 14.9 Å². The number of nitrogens with zero attached hydrogens (tertiary/aromatic N) is 3. The monoisotopic (exact) mass is 655 g/mol. The molecular weight excluding hydrogens is 618 g/mol. The maximum atomic E-state index is 12.8. The molecule has 0 radical (unpaired) electrons. The minimum atomic E-state index is -3.78. The van der Waals surface area contributed by atoms with Crippen LogP contribution in [0.3, 0.4) is 0 Å². The largest absolute Gasteiger partial charge is 0.480 e. The third-order valence-corrected chi connectivity index (χ3v) is 9.42. The Hall–Kier alpha value is -5.07. The number of carbonyl (C=O) groups is 2. The van der Waals surface area contributed by atoms with Gasteiger partial charge < -0.3 is 20.1 Å². The van der Waals surface area contributed by atoms with E-state index in [-0.39, 0.29) is 30.4 Å². The zero-order valence-corrected chi connectivity index (χ0v) is 27.0. The highest BCUT2D eigenvalue weighted by molar-refractivity contribution is 7.89. The Bertz CT molecular complexity index is 1800. The number of aliphatic carboxylic acids is 1. The Labute approximate surface area is 274 Å². The lowest BCUT2D eigenvalue weighted by atomic mass is 9.98. The number of alkyl carbamates (subject to hydrolysis) is 1. The summed E-state index contributed by atoms with van der Waals surface area (Å²) in [7, 11) is 0.115. The molecule has 11 nitrogen and oxygen atoms in total. The summed E-state index contributed by atoms with van der Waals surface area (Å²) in [5, 5.41) is 20.5. The van der Waals surface area contributed by atoms with Crippen molar-refractivity contribution in [2.24, 2.45) is 10.2 Å². The molecule has 0 spiro atoms. The fourth-order valence-electron chi connectivity index (χ4n) is 5.43. The number of unbranched alkanes of at least 4 members (excludes halogenated alkanes) is 1. The van der Waals surface area contributed by atoms with Gasteiger partial charge in [-0.2, -0.15) is 10.2 Å². The third-order valence-electron chi connectivity index (χ3n) is 7.94. The van der Waals surface area contributed by atoms with Crippen LogP contribution in [0, 0.1) is 0 Å². The van der Waals surface area contributed by atoms with Crippen LogP contribution in [-0.2, 0) is 19.6 Å². The van der Waals surface area contributed by atoms with Crippen molar-refractivity contribution in [1.29, 1.82) is 0 Å². The van der Waals surface area contributed by atoms with E-state index in [1.54, 1.807) is 12.1 Å². The first-order valence-electron chi connectivity index (χ1n) is 15.3. The zero-order valence-electron chi connectivity index (χ0n) is 26.2. The van der Waals surface area contributed by atoms with Crippen molar-refractivity contribution in [2.75, 3.05) is 32.1 Å². The molecule has 4 aromatic rings. The van der Waals surface area contributed by atoms with Gasteiger partial charge in [-0.25, -0.2) is 22.7 Å². The summed E-state index contributed by atoms with van der Waals surface area (Å²) < 4.78 is 33.5. The lowest BCUT2D eigenvalue weighted by Crippen LogP contribution is -2.41. The summed E-state index contributed by atoms with van der Waals surface area (Å²) in [6.45, 7) is 0.173. The van der Waals surface area contributed by atoms with Crippen LogP contribution in [0.4, 0.5) is 21.9 Å². The van der Waals surface area contributed by atoms with E-state index in [1.807, 2.05) is 91.8 Å². The van der Waals surface area contributed by atoms with Crippen LogP contribution in [0.2, 0.25) is 0 Å². The van der Waals surface area contributed by atoms with Crippen LogP contribution in [0.5, 0.6) is 0 Å². The van der Waals surface area contributed by atoms with Gasteiger partial charge in [-0.1, -0.05) is 48.5 Å². The van der Waals surface area contributed by atoms with Crippen LogP contribution >= 0.6 is 0 Å². The number of fused-ring (bicyclic) bond motifs is 3. The van der Waals surface area contributed by atoms with E-state index < -0.39 is 28.1 Å². The van der Waals surface area contributed by atoms with E-state index in [0.29, 0.717) is 24.2 Å². The van der Waals surface area contributed by atoms with Gasteiger partial charge >= 0.3 is 12.1 Å². The van der Waals surface area contributed by atoms with E-state index in [2.05, 4.69) is 20.3 Å². The van der Waals surface area contributed by atoms with Crippen LogP contribution in [0.1, 0.15) is 36.3 Å².